The van der Waals surface area contributed by atoms with Crippen LogP contribution in [0, 0.1) is 17.3 Å². The van der Waals surface area contributed by atoms with Gasteiger partial charge in [0, 0.05) is 28.6 Å². The van der Waals surface area contributed by atoms with Gasteiger partial charge in [-0.3, -0.25) is 19.2 Å². The van der Waals surface area contributed by atoms with E-state index in [1.54, 1.807) is 0 Å². The van der Waals surface area contributed by atoms with Crippen LogP contribution in [0.15, 0.2) is 23.0 Å². The SMILES string of the molecule is CC1O[C@@H]2C3=C(C(=O)[C@@H]4O[C@@H]4C3=O)[C@H]1[C@@H]1[C@@H](C)OC=C3C(=O)[C@H]4O[C@H]4C(=O)[C@]312. The molecule has 8 rings (SSSR count). The van der Waals surface area contributed by atoms with Gasteiger partial charge in [0.2, 0.25) is 0 Å². The van der Waals surface area contributed by atoms with Crippen molar-refractivity contribution in [2.24, 2.45) is 17.3 Å². The van der Waals surface area contributed by atoms with Gasteiger partial charge in [0.1, 0.15) is 11.5 Å². The second-order valence-corrected chi connectivity index (χ2v) is 8.75. The number of carbonyl (C=O) groups excluding carboxylic acids is 4. The van der Waals surface area contributed by atoms with E-state index in [0.29, 0.717) is 5.57 Å². The van der Waals surface area contributed by atoms with Gasteiger partial charge < -0.3 is 18.9 Å². The number of rotatable bonds is 0. The van der Waals surface area contributed by atoms with Crippen LogP contribution in [0.1, 0.15) is 13.8 Å². The molecule has 8 aliphatic rings. The number of Topliss-reactive ketones (excluding diaryl/α,β-unsaturated/α-hetero) is 4. The van der Waals surface area contributed by atoms with Crippen LogP contribution < -0.4 is 0 Å². The highest BCUT2D eigenvalue weighted by atomic mass is 16.6. The van der Waals surface area contributed by atoms with Gasteiger partial charge in [-0.2, -0.15) is 0 Å². The van der Waals surface area contributed by atoms with E-state index in [9.17, 15) is 19.2 Å². The van der Waals surface area contributed by atoms with E-state index in [2.05, 4.69) is 0 Å². The van der Waals surface area contributed by atoms with Crippen molar-refractivity contribution in [1.82, 2.24) is 0 Å². The Hall–Kier alpha value is -2.16. The first-order valence-corrected chi connectivity index (χ1v) is 9.62. The minimum atomic E-state index is -1.35. The Kier molecular flexibility index (Phi) is 2.45. The number of hydrogen-bond acceptors (Lipinski definition) is 8. The molecular formula is C20H16O8. The molecule has 3 saturated heterocycles. The third-order valence-electron chi connectivity index (χ3n) is 7.64. The van der Waals surface area contributed by atoms with Crippen LogP contribution in [-0.2, 0) is 38.1 Å². The maximum absolute atomic E-state index is 13.6. The van der Waals surface area contributed by atoms with Crippen molar-refractivity contribution in [3.05, 3.63) is 23.0 Å². The minimum Gasteiger partial charge on any atom is -0.498 e. The summed E-state index contributed by atoms with van der Waals surface area (Å²) < 4.78 is 22.7. The van der Waals surface area contributed by atoms with Crippen molar-refractivity contribution in [2.45, 2.75) is 56.6 Å². The van der Waals surface area contributed by atoms with Crippen molar-refractivity contribution in [3.63, 3.8) is 0 Å². The molecule has 10 atom stereocenters. The highest BCUT2D eigenvalue weighted by Gasteiger charge is 2.79. The number of ketones is 4. The highest BCUT2D eigenvalue weighted by Crippen LogP contribution is 2.66. The fraction of sp³-hybridized carbons (Fsp3) is 0.600. The summed E-state index contributed by atoms with van der Waals surface area (Å²) in [6.45, 7) is 3.67. The molecule has 4 fully saturated rings. The van der Waals surface area contributed by atoms with Crippen LogP contribution in [0.4, 0.5) is 0 Å². The Labute approximate surface area is 158 Å². The first-order valence-electron chi connectivity index (χ1n) is 9.62. The Morgan fingerprint density at radius 1 is 0.786 bits per heavy atom. The van der Waals surface area contributed by atoms with Crippen LogP contribution in [0.5, 0.6) is 0 Å². The summed E-state index contributed by atoms with van der Waals surface area (Å²) in [5, 5.41) is 0. The molecule has 5 heterocycles. The van der Waals surface area contributed by atoms with Crippen LogP contribution in [-0.4, -0.2) is 65.9 Å². The fourth-order valence-corrected chi connectivity index (χ4v) is 6.49. The van der Waals surface area contributed by atoms with Crippen molar-refractivity contribution in [3.8, 4) is 0 Å². The third kappa shape index (κ3) is 1.38. The average Bonchev–Trinajstić information content (AvgIpc) is 3.57. The van der Waals surface area contributed by atoms with Gasteiger partial charge in [-0.05, 0) is 13.8 Å². The Morgan fingerprint density at radius 3 is 2.18 bits per heavy atom. The number of carbonyl (C=O) groups is 4. The molecule has 28 heavy (non-hydrogen) atoms. The van der Waals surface area contributed by atoms with Gasteiger partial charge in [-0.1, -0.05) is 0 Å². The molecule has 0 N–H and O–H groups in total. The lowest BCUT2D eigenvalue weighted by Gasteiger charge is -2.62. The minimum absolute atomic E-state index is 0.196. The summed E-state index contributed by atoms with van der Waals surface area (Å²) in [4.78, 5) is 52.6. The molecule has 0 aromatic carbocycles. The molecule has 0 aromatic rings. The van der Waals surface area contributed by atoms with Crippen LogP contribution >= 0.6 is 0 Å². The molecule has 144 valence electrons. The van der Waals surface area contributed by atoms with E-state index >= 15 is 0 Å². The summed E-state index contributed by atoms with van der Waals surface area (Å²) in [6, 6.07) is 0. The van der Waals surface area contributed by atoms with Crippen molar-refractivity contribution < 1.29 is 38.1 Å². The van der Waals surface area contributed by atoms with Crippen LogP contribution in [0.2, 0.25) is 0 Å². The van der Waals surface area contributed by atoms with Gasteiger partial charge in [0.15, 0.2) is 47.5 Å². The predicted molar refractivity (Wildman–Crippen MR) is 86.8 cm³/mol. The molecule has 3 aliphatic carbocycles. The summed E-state index contributed by atoms with van der Waals surface area (Å²) in [5.74, 6) is -2.02. The number of hydrogen-bond donors (Lipinski definition) is 0. The monoisotopic (exact) mass is 384 g/mol. The van der Waals surface area contributed by atoms with Gasteiger partial charge in [-0.25, -0.2) is 0 Å². The maximum Gasteiger partial charge on any atom is 0.194 e. The molecule has 0 aromatic heterocycles. The molecule has 1 saturated carbocycles. The normalized spacial score (nSPS) is 54.8. The zero-order valence-corrected chi connectivity index (χ0v) is 15.0. The molecule has 2 bridgehead atoms. The Balaban J connectivity index is 1.55. The first-order chi connectivity index (χ1) is 13.4. The first kappa shape index (κ1) is 15.7. The summed E-state index contributed by atoms with van der Waals surface area (Å²) in [5.41, 5.74) is -0.491. The molecule has 0 amide bonds. The maximum atomic E-state index is 13.6. The number of epoxide rings is 2. The zero-order valence-electron chi connectivity index (χ0n) is 15.0. The van der Waals surface area contributed by atoms with E-state index in [-0.39, 0.29) is 34.3 Å². The second-order valence-electron chi connectivity index (χ2n) is 8.75. The van der Waals surface area contributed by atoms with E-state index in [1.807, 2.05) is 13.8 Å². The lowest BCUT2D eigenvalue weighted by atomic mass is 9.45. The van der Waals surface area contributed by atoms with Gasteiger partial charge in [0.05, 0.1) is 18.5 Å². The zero-order chi connectivity index (χ0) is 19.3. The largest absolute Gasteiger partial charge is 0.498 e. The van der Waals surface area contributed by atoms with Crippen molar-refractivity contribution in [1.29, 1.82) is 0 Å². The van der Waals surface area contributed by atoms with Gasteiger partial charge in [0.25, 0.3) is 0 Å². The standard InChI is InChI=1S/C20H16O8/c1-4-7-8-9(13(23)16-15(27-16)12(8)22)19(26-4)20-6(3-25-5(2)10(7)20)11(21)14-17(28-14)18(20)24/h3-5,7,10,14-17,19H,1-2H3/t4?,5-,7+,10+,14-,15+,16-,17-,19-,20+/m1/s1. The Bertz CT molecular complexity index is 1010. The summed E-state index contributed by atoms with van der Waals surface area (Å²) in [6.07, 6.45) is -3.55. The average molecular weight is 384 g/mol. The van der Waals surface area contributed by atoms with Crippen LogP contribution in [0.25, 0.3) is 0 Å². The summed E-state index contributed by atoms with van der Waals surface area (Å²) >= 11 is 0. The molecule has 0 radical (unpaired) electrons. The van der Waals surface area contributed by atoms with E-state index in [0.717, 1.165) is 0 Å². The molecule has 8 heteroatoms. The quantitative estimate of drug-likeness (QED) is 0.511. The third-order valence-corrected chi connectivity index (χ3v) is 7.64. The van der Waals surface area contributed by atoms with E-state index in [4.69, 9.17) is 18.9 Å². The molecule has 1 spiro atoms. The fourth-order valence-electron chi connectivity index (χ4n) is 6.49. The molecule has 5 aliphatic heterocycles. The Morgan fingerprint density at radius 2 is 1.43 bits per heavy atom. The van der Waals surface area contributed by atoms with Gasteiger partial charge in [-0.15, -0.1) is 0 Å². The predicted octanol–water partition coefficient (Wildman–Crippen LogP) is -0.556. The van der Waals surface area contributed by atoms with Gasteiger partial charge >= 0.3 is 0 Å². The number of ether oxygens (including phenoxy) is 4. The molecule has 8 nitrogen and oxygen atoms in total. The lowest BCUT2D eigenvalue weighted by molar-refractivity contribution is -0.203. The topological polar surface area (TPSA) is 112 Å². The molecular weight excluding hydrogens is 368 g/mol. The lowest BCUT2D eigenvalue weighted by Crippen LogP contribution is -2.72. The van der Waals surface area contributed by atoms with E-state index < -0.39 is 60.0 Å². The highest BCUT2D eigenvalue weighted by molar-refractivity contribution is 6.23. The van der Waals surface area contributed by atoms with Crippen LogP contribution in [0.3, 0.4) is 0 Å². The van der Waals surface area contributed by atoms with Crippen molar-refractivity contribution >= 4 is 23.1 Å². The summed E-state index contributed by atoms with van der Waals surface area (Å²) in [7, 11) is 0. The number of fused-ring (bicyclic) bond motifs is 3. The molecule has 1 unspecified atom stereocenters. The second kappa shape index (κ2) is 4.37. The van der Waals surface area contributed by atoms with E-state index in [1.165, 1.54) is 6.26 Å². The smallest absolute Gasteiger partial charge is 0.194 e. The van der Waals surface area contributed by atoms with Crippen molar-refractivity contribution in [2.75, 3.05) is 0 Å².